The van der Waals surface area contributed by atoms with Crippen LogP contribution in [0.1, 0.15) is 48.9 Å². The first kappa shape index (κ1) is 17.0. The molecule has 3 nitrogen and oxygen atoms in total. The lowest BCUT2D eigenvalue weighted by Gasteiger charge is -2.21. The first-order valence-corrected chi connectivity index (χ1v) is 7.25. The Bertz CT molecular complexity index is 417. The Balaban J connectivity index is 0.00000200. The summed E-state index contributed by atoms with van der Waals surface area (Å²) in [5.41, 5.74) is 6.11. The van der Waals surface area contributed by atoms with Crippen molar-refractivity contribution in [1.82, 2.24) is 0 Å². The van der Waals surface area contributed by atoms with E-state index in [-0.39, 0.29) is 18.2 Å². The Hall–Kier alpha value is -1.06. The van der Waals surface area contributed by atoms with E-state index in [1.54, 1.807) is 0 Å². The van der Waals surface area contributed by atoms with Gasteiger partial charge in [-0.25, -0.2) is 0 Å². The fourth-order valence-corrected chi connectivity index (χ4v) is 2.60. The highest BCUT2D eigenvalue weighted by Crippen LogP contribution is 2.25. The highest BCUT2D eigenvalue weighted by Gasteiger charge is 2.14. The zero-order valence-corrected chi connectivity index (χ0v) is 12.7. The minimum absolute atomic E-state index is 0. The minimum Gasteiger partial charge on any atom is -0.493 e. The minimum atomic E-state index is 0. The van der Waals surface area contributed by atoms with Crippen molar-refractivity contribution >= 4 is 18.2 Å². The van der Waals surface area contributed by atoms with Gasteiger partial charge in [0.25, 0.3) is 0 Å². The second-order valence-electron chi connectivity index (χ2n) is 5.30. The first-order chi connectivity index (χ1) is 9.29. The van der Waals surface area contributed by atoms with E-state index in [9.17, 15) is 4.79 Å². The smallest absolute Gasteiger partial charge is 0.164 e. The summed E-state index contributed by atoms with van der Waals surface area (Å²) >= 11 is 0. The molecule has 1 aromatic carbocycles. The lowest BCUT2D eigenvalue weighted by molar-refractivity contribution is 0.0985. The standard InChI is InChI=1S/C16H23NO2.ClH/c17-10-9-16(18)14-7-4-8-15(11-14)19-12-13-5-2-1-3-6-13;/h4,7-8,11,13H,1-3,5-6,9-10,12,17H2;1H. The zero-order chi connectivity index (χ0) is 13.5. The van der Waals surface area contributed by atoms with Gasteiger partial charge in [-0.3, -0.25) is 4.79 Å². The number of carbonyl (C=O) groups is 1. The molecule has 4 heteroatoms. The third-order valence-electron chi connectivity index (χ3n) is 3.74. The number of ether oxygens (including phenoxy) is 1. The van der Waals surface area contributed by atoms with Crippen molar-refractivity contribution in [1.29, 1.82) is 0 Å². The van der Waals surface area contributed by atoms with Crippen LogP contribution < -0.4 is 10.5 Å². The number of benzene rings is 1. The Morgan fingerprint density at radius 2 is 2.00 bits per heavy atom. The van der Waals surface area contributed by atoms with Gasteiger partial charge in [0.1, 0.15) is 5.75 Å². The average Bonchev–Trinajstić information content (AvgIpc) is 2.47. The van der Waals surface area contributed by atoms with Gasteiger partial charge in [-0.1, -0.05) is 31.4 Å². The molecule has 0 amide bonds. The highest BCUT2D eigenvalue weighted by atomic mass is 35.5. The van der Waals surface area contributed by atoms with Crippen LogP contribution in [-0.2, 0) is 0 Å². The third-order valence-corrected chi connectivity index (χ3v) is 3.74. The Morgan fingerprint density at radius 1 is 1.25 bits per heavy atom. The number of hydrogen-bond acceptors (Lipinski definition) is 3. The molecule has 1 aliphatic rings. The molecule has 1 saturated carbocycles. The maximum Gasteiger partial charge on any atom is 0.164 e. The molecule has 0 aliphatic heterocycles. The molecule has 1 fully saturated rings. The summed E-state index contributed by atoms with van der Waals surface area (Å²) in [6.07, 6.45) is 6.94. The molecule has 0 heterocycles. The van der Waals surface area contributed by atoms with Gasteiger partial charge < -0.3 is 10.5 Å². The van der Waals surface area contributed by atoms with Crippen molar-refractivity contribution in [3.05, 3.63) is 29.8 Å². The van der Waals surface area contributed by atoms with Crippen molar-refractivity contribution in [2.24, 2.45) is 11.7 Å². The molecule has 0 spiro atoms. The van der Waals surface area contributed by atoms with Gasteiger partial charge in [-0.05, 0) is 37.4 Å². The van der Waals surface area contributed by atoms with Crippen LogP contribution in [0.15, 0.2) is 24.3 Å². The van der Waals surface area contributed by atoms with E-state index in [1.165, 1.54) is 32.1 Å². The number of carbonyl (C=O) groups excluding carboxylic acids is 1. The second kappa shape index (κ2) is 8.98. The lowest BCUT2D eigenvalue weighted by Crippen LogP contribution is -2.15. The van der Waals surface area contributed by atoms with Crippen molar-refractivity contribution in [2.45, 2.75) is 38.5 Å². The number of Topliss-reactive ketones (excluding diaryl/α,β-unsaturated/α-hetero) is 1. The van der Waals surface area contributed by atoms with Crippen LogP contribution in [0.4, 0.5) is 0 Å². The van der Waals surface area contributed by atoms with Crippen LogP contribution >= 0.6 is 12.4 Å². The molecular formula is C16H24ClNO2. The fourth-order valence-electron chi connectivity index (χ4n) is 2.60. The van der Waals surface area contributed by atoms with Gasteiger partial charge in [0.15, 0.2) is 5.78 Å². The van der Waals surface area contributed by atoms with Crippen molar-refractivity contribution < 1.29 is 9.53 Å². The van der Waals surface area contributed by atoms with Gasteiger partial charge >= 0.3 is 0 Å². The second-order valence-corrected chi connectivity index (χ2v) is 5.30. The maximum absolute atomic E-state index is 11.8. The van der Waals surface area contributed by atoms with E-state index in [0.29, 0.717) is 24.4 Å². The molecule has 2 N–H and O–H groups in total. The third kappa shape index (κ3) is 5.14. The van der Waals surface area contributed by atoms with Crippen LogP contribution in [0.25, 0.3) is 0 Å². The summed E-state index contributed by atoms with van der Waals surface area (Å²) in [7, 11) is 0. The molecule has 0 aromatic heterocycles. The van der Waals surface area contributed by atoms with E-state index in [1.807, 2.05) is 24.3 Å². The van der Waals surface area contributed by atoms with Gasteiger partial charge in [0.05, 0.1) is 6.61 Å². The van der Waals surface area contributed by atoms with Crippen molar-refractivity contribution in [3.63, 3.8) is 0 Å². The fraction of sp³-hybridized carbons (Fsp3) is 0.562. The van der Waals surface area contributed by atoms with E-state index < -0.39 is 0 Å². The Morgan fingerprint density at radius 3 is 2.70 bits per heavy atom. The molecule has 112 valence electrons. The van der Waals surface area contributed by atoms with Gasteiger partial charge in [-0.15, -0.1) is 12.4 Å². The molecule has 0 unspecified atom stereocenters. The molecule has 20 heavy (non-hydrogen) atoms. The van der Waals surface area contributed by atoms with E-state index in [2.05, 4.69) is 0 Å². The largest absolute Gasteiger partial charge is 0.493 e. The predicted octanol–water partition coefficient (Wildman–Crippen LogP) is 3.60. The number of hydrogen-bond donors (Lipinski definition) is 1. The summed E-state index contributed by atoms with van der Waals surface area (Å²) in [5, 5.41) is 0. The molecule has 0 bridgehead atoms. The van der Waals surface area contributed by atoms with E-state index >= 15 is 0 Å². The number of halogens is 1. The van der Waals surface area contributed by atoms with Gasteiger partial charge in [0, 0.05) is 12.0 Å². The molecule has 1 aromatic rings. The summed E-state index contributed by atoms with van der Waals surface area (Å²) in [4.78, 5) is 11.8. The van der Waals surface area contributed by atoms with Crippen molar-refractivity contribution in [2.75, 3.05) is 13.2 Å². The van der Waals surface area contributed by atoms with Crippen LogP contribution in [-0.4, -0.2) is 18.9 Å². The number of ketones is 1. The van der Waals surface area contributed by atoms with Gasteiger partial charge in [-0.2, -0.15) is 0 Å². The summed E-state index contributed by atoms with van der Waals surface area (Å²) in [6, 6.07) is 7.45. The molecular weight excluding hydrogens is 274 g/mol. The Labute approximate surface area is 127 Å². The topological polar surface area (TPSA) is 52.3 Å². The highest BCUT2D eigenvalue weighted by molar-refractivity contribution is 5.96. The summed E-state index contributed by atoms with van der Waals surface area (Å²) in [6.45, 7) is 1.17. The van der Waals surface area contributed by atoms with Crippen LogP contribution in [0.3, 0.4) is 0 Å². The quantitative estimate of drug-likeness (QED) is 0.816. The first-order valence-electron chi connectivity index (χ1n) is 7.25. The zero-order valence-electron chi connectivity index (χ0n) is 11.8. The normalized spacial score (nSPS) is 15.4. The monoisotopic (exact) mass is 297 g/mol. The molecule has 0 atom stereocenters. The van der Waals surface area contributed by atoms with Crippen molar-refractivity contribution in [3.8, 4) is 5.75 Å². The Kier molecular flexibility index (Phi) is 7.63. The van der Waals surface area contributed by atoms with Crippen LogP contribution in [0.5, 0.6) is 5.75 Å². The summed E-state index contributed by atoms with van der Waals surface area (Å²) in [5.74, 6) is 1.57. The van der Waals surface area contributed by atoms with Crippen LogP contribution in [0, 0.1) is 5.92 Å². The summed E-state index contributed by atoms with van der Waals surface area (Å²) < 4.78 is 5.83. The number of nitrogens with two attached hydrogens (primary N) is 1. The molecule has 0 saturated heterocycles. The number of rotatable bonds is 6. The van der Waals surface area contributed by atoms with E-state index in [4.69, 9.17) is 10.5 Å². The van der Waals surface area contributed by atoms with E-state index in [0.717, 1.165) is 12.4 Å². The van der Waals surface area contributed by atoms with Gasteiger partial charge in [0.2, 0.25) is 0 Å². The molecule has 0 radical (unpaired) electrons. The van der Waals surface area contributed by atoms with Crippen LogP contribution in [0.2, 0.25) is 0 Å². The molecule has 2 rings (SSSR count). The molecule has 1 aliphatic carbocycles. The SMILES string of the molecule is Cl.NCCC(=O)c1cccc(OCC2CCCCC2)c1. The predicted molar refractivity (Wildman–Crippen MR) is 83.8 cm³/mol. The average molecular weight is 298 g/mol. The maximum atomic E-state index is 11.8. The lowest BCUT2D eigenvalue weighted by atomic mass is 9.90.